The molecule has 1 unspecified atom stereocenters. The Kier molecular flexibility index (Phi) is 5.64. The normalized spacial score (nSPS) is 21.2. The number of hydrogen-bond donors (Lipinski definition) is 1. The first-order valence-corrected chi connectivity index (χ1v) is 11.9. The van der Waals surface area contributed by atoms with Gasteiger partial charge in [0.05, 0.1) is 5.69 Å². The molecule has 1 aromatic heterocycles. The van der Waals surface area contributed by atoms with Gasteiger partial charge in [-0.15, -0.1) is 0 Å². The average Bonchev–Trinajstić information content (AvgIpc) is 3.08. The van der Waals surface area contributed by atoms with Crippen LogP contribution in [0.4, 0.5) is 20.3 Å². The fourth-order valence-electron chi connectivity index (χ4n) is 4.69. The Morgan fingerprint density at radius 1 is 1.29 bits per heavy atom. The lowest BCUT2D eigenvalue weighted by Crippen LogP contribution is -2.59. The highest BCUT2D eigenvalue weighted by Crippen LogP contribution is 2.46. The third kappa shape index (κ3) is 4.10. The van der Waals surface area contributed by atoms with Crippen molar-refractivity contribution in [3.8, 4) is 0 Å². The van der Waals surface area contributed by atoms with Crippen LogP contribution in [0.1, 0.15) is 18.9 Å². The fraction of sp³-hybridized carbons (Fsp3) is 0.476. The molecule has 2 aliphatic rings. The van der Waals surface area contributed by atoms with Crippen molar-refractivity contribution in [2.45, 2.75) is 25.2 Å². The van der Waals surface area contributed by atoms with E-state index in [1.165, 1.54) is 19.1 Å². The molecule has 6 nitrogen and oxygen atoms in total. The van der Waals surface area contributed by atoms with E-state index in [1.807, 2.05) is 4.90 Å². The number of nitrogens with one attached hydrogen (secondary N) is 1. The Labute approximate surface area is 186 Å². The summed E-state index contributed by atoms with van der Waals surface area (Å²) in [4.78, 5) is 7.22. The van der Waals surface area contributed by atoms with Crippen molar-refractivity contribution in [1.82, 2.24) is 9.88 Å². The molecular weight excluding hydrogens is 446 g/mol. The molecule has 0 spiro atoms. The van der Waals surface area contributed by atoms with Crippen molar-refractivity contribution in [3.05, 3.63) is 46.6 Å². The van der Waals surface area contributed by atoms with E-state index in [1.54, 1.807) is 6.07 Å². The lowest BCUT2D eigenvalue weighted by molar-refractivity contribution is 0.139. The van der Waals surface area contributed by atoms with Crippen molar-refractivity contribution < 1.29 is 17.2 Å². The molecule has 10 heteroatoms. The summed E-state index contributed by atoms with van der Waals surface area (Å²) in [7, 11) is -2.24. The third-order valence-electron chi connectivity index (χ3n) is 6.37. The van der Waals surface area contributed by atoms with Crippen LogP contribution in [0.5, 0.6) is 0 Å². The number of benzene rings is 1. The highest BCUT2D eigenvalue weighted by atomic mass is 35.5. The van der Waals surface area contributed by atoms with E-state index in [0.717, 1.165) is 38.7 Å². The Morgan fingerprint density at radius 2 is 2.00 bits per heavy atom. The number of rotatable bonds is 5. The number of hydrogen-bond acceptors (Lipinski definition) is 5. The average molecular weight is 471 g/mol. The number of aromatic nitrogens is 1. The molecular formula is C21H25ClF2N4O2S. The van der Waals surface area contributed by atoms with Crippen LogP contribution in [0.25, 0.3) is 0 Å². The summed E-state index contributed by atoms with van der Waals surface area (Å²) in [5.74, 6) is -1.53. The first-order chi connectivity index (χ1) is 14.5. The van der Waals surface area contributed by atoms with Crippen molar-refractivity contribution in [2.24, 2.45) is 11.3 Å². The van der Waals surface area contributed by atoms with Gasteiger partial charge in [0.2, 0.25) is 5.95 Å². The molecule has 2 aromatic rings. The predicted octanol–water partition coefficient (Wildman–Crippen LogP) is 3.90. The van der Waals surface area contributed by atoms with Crippen LogP contribution in [0, 0.1) is 30.0 Å². The first-order valence-electron chi connectivity index (χ1n) is 10.1. The van der Waals surface area contributed by atoms with Gasteiger partial charge in [0.15, 0.2) is 5.82 Å². The van der Waals surface area contributed by atoms with Crippen LogP contribution in [0.15, 0.2) is 29.2 Å². The number of sulfonamides is 1. The molecule has 31 heavy (non-hydrogen) atoms. The summed E-state index contributed by atoms with van der Waals surface area (Å²) in [5.41, 5.74) is 0.826. The van der Waals surface area contributed by atoms with Crippen LogP contribution >= 0.6 is 11.6 Å². The van der Waals surface area contributed by atoms with Crippen LogP contribution in [0.2, 0.25) is 5.02 Å². The molecule has 0 aliphatic carbocycles. The molecule has 0 bridgehead atoms. The molecule has 0 amide bonds. The zero-order chi connectivity index (χ0) is 22.6. The van der Waals surface area contributed by atoms with Crippen molar-refractivity contribution in [2.75, 3.05) is 42.8 Å². The van der Waals surface area contributed by atoms with E-state index < -0.39 is 26.7 Å². The van der Waals surface area contributed by atoms with Crippen molar-refractivity contribution in [1.29, 1.82) is 0 Å². The predicted molar refractivity (Wildman–Crippen MR) is 117 cm³/mol. The Bertz CT molecular complexity index is 1120. The van der Waals surface area contributed by atoms with Gasteiger partial charge < -0.3 is 9.80 Å². The number of aryl methyl sites for hydroxylation is 1. The van der Waals surface area contributed by atoms with Gasteiger partial charge in [-0.25, -0.2) is 17.8 Å². The Morgan fingerprint density at radius 3 is 2.61 bits per heavy atom. The summed E-state index contributed by atoms with van der Waals surface area (Å²) in [6.07, 6.45) is 1.14. The van der Waals surface area contributed by atoms with Crippen LogP contribution in [-0.4, -0.2) is 51.5 Å². The van der Waals surface area contributed by atoms with Crippen LogP contribution in [-0.2, 0) is 10.0 Å². The third-order valence-corrected chi connectivity index (χ3v) is 8.25. The van der Waals surface area contributed by atoms with Crippen LogP contribution in [0.3, 0.4) is 0 Å². The lowest BCUT2D eigenvalue weighted by Gasteiger charge is -2.53. The summed E-state index contributed by atoms with van der Waals surface area (Å²) < 4.78 is 56.2. The maximum Gasteiger partial charge on any atom is 0.266 e. The maximum atomic E-state index is 15.2. The number of anilines is 2. The minimum Gasteiger partial charge on any atom is -0.369 e. The second kappa shape index (κ2) is 7.86. The van der Waals surface area contributed by atoms with E-state index in [4.69, 9.17) is 11.6 Å². The van der Waals surface area contributed by atoms with Gasteiger partial charge in [-0.1, -0.05) is 24.6 Å². The second-order valence-corrected chi connectivity index (χ2v) is 10.9. The van der Waals surface area contributed by atoms with Gasteiger partial charge in [0.25, 0.3) is 10.0 Å². The lowest BCUT2D eigenvalue weighted by atomic mass is 9.70. The molecule has 3 heterocycles. The molecule has 2 fully saturated rings. The standard InChI is InChI=1S/C21H25ClF2N4O2S/c1-13-9-15(28-11-21(2,12-28)14-7-8-27(3)10-14)18(22)19(24)20(13)31(29,30)26-17-6-4-5-16(23)25-17/h4-6,9,14H,7-8,10-12H2,1-3H3,(H,25,26). The summed E-state index contributed by atoms with van der Waals surface area (Å²) in [6, 6.07) is 5.27. The molecule has 1 N–H and O–H groups in total. The molecule has 1 atom stereocenters. The number of nitrogens with zero attached hydrogens (tertiary/aromatic N) is 3. The summed E-state index contributed by atoms with van der Waals surface area (Å²) >= 11 is 6.30. The zero-order valence-corrected chi connectivity index (χ0v) is 19.2. The molecule has 2 aliphatic heterocycles. The van der Waals surface area contributed by atoms with Crippen LogP contribution < -0.4 is 9.62 Å². The SMILES string of the molecule is Cc1cc(N2CC(C)(C3CCN(C)C3)C2)c(Cl)c(F)c1S(=O)(=O)Nc1cccc(F)n1. The van der Waals surface area contributed by atoms with Crippen molar-refractivity contribution >= 4 is 33.1 Å². The minimum atomic E-state index is -4.35. The van der Waals surface area contributed by atoms with E-state index in [2.05, 4.69) is 28.6 Å². The highest BCUT2D eigenvalue weighted by molar-refractivity contribution is 7.92. The van der Waals surface area contributed by atoms with E-state index >= 15 is 4.39 Å². The molecule has 168 valence electrons. The van der Waals surface area contributed by atoms with Gasteiger partial charge in [-0.05, 0) is 56.6 Å². The number of likely N-dealkylation sites (tertiary alicyclic amines) is 1. The topological polar surface area (TPSA) is 65.5 Å². The quantitative estimate of drug-likeness (QED) is 0.671. The molecule has 0 saturated carbocycles. The molecule has 4 rings (SSSR count). The molecule has 2 saturated heterocycles. The fourth-order valence-corrected chi connectivity index (χ4v) is 6.33. The van der Waals surface area contributed by atoms with E-state index in [9.17, 15) is 12.8 Å². The zero-order valence-electron chi connectivity index (χ0n) is 17.6. The largest absolute Gasteiger partial charge is 0.369 e. The monoisotopic (exact) mass is 470 g/mol. The van der Waals surface area contributed by atoms with Gasteiger partial charge in [0.1, 0.15) is 15.7 Å². The first kappa shape index (κ1) is 22.2. The number of pyridine rings is 1. The smallest absolute Gasteiger partial charge is 0.266 e. The molecule has 1 aromatic carbocycles. The van der Waals surface area contributed by atoms with E-state index in [0.29, 0.717) is 11.6 Å². The Balaban J connectivity index is 1.58. The minimum absolute atomic E-state index is 0.119. The van der Waals surface area contributed by atoms with E-state index in [-0.39, 0.29) is 21.8 Å². The van der Waals surface area contributed by atoms with Gasteiger partial charge >= 0.3 is 0 Å². The number of halogens is 3. The molecule has 0 radical (unpaired) electrons. The van der Waals surface area contributed by atoms with Gasteiger partial charge in [-0.2, -0.15) is 4.39 Å². The van der Waals surface area contributed by atoms with Gasteiger partial charge in [0, 0.05) is 25.0 Å². The maximum absolute atomic E-state index is 15.2. The Hall–Kier alpha value is -1.97. The van der Waals surface area contributed by atoms with Crippen molar-refractivity contribution in [3.63, 3.8) is 0 Å². The van der Waals surface area contributed by atoms with Gasteiger partial charge in [-0.3, -0.25) is 4.72 Å². The summed E-state index contributed by atoms with van der Waals surface area (Å²) in [6.45, 7) is 7.35. The summed E-state index contributed by atoms with van der Waals surface area (Å²) in [5, 5.41) is -0.233. The second-order valence-electron chi connectivity index (χ2n) is 8.88. The highest BCUT2D eigenvalue weighted by Gasteiger charge is 2.47.